The highest BCUT2D eigenvalue weighted by Crippen LogP contribution is 2.22. The number of rotatable bonds is 5. The molecular formula is C12H14ClF4N. The Morgan fingerprint density at radius 2 is 2.00 bits per heavy atom. The summed E-state index contributed by atoms with van der Waals surface area (Å²) in [4.78, 5) is 0. The summed E-state index contributed by atoms with van der Waals surface area (Å²) in [5.74, 6) is -0.510. The van der Waals surface area contributed by atoms with Crippen molar-refractivity contribution >= 4 is 11.6 Å². The van der Waals surface area contributed by atoms with E-state index in [1.807, 2.05) is 0 Å². The highest BCUT2D eigenvalue weighted by Gasteiger charge is 2.25. The third-order valence-electron chi connectivity index (χ3n) is 2.53. The Balaban J connectivity index is 2.41. The van der Waals surface area contributed by atoms with Gasteiger partial charge in [-0.1, -0.05) is 17.7 Å². The number of hydrogen-bond acceptors (Lipinski definition) is 1. The fourth-order valence-corrected chi connectivity index (χ4v) is 1.70. The average molecular weight is 284 g/mol. The summed E-state index contributed by atoms with van der Waals surface area (Å²) >= 11 is 5.63. The van der Waals surface area contributed by atoms with Gasteiger partial charge in [0.2, 0.25) is 0 Å². The minimum Gasteiger partial charge on any atom is -0.310 e. The smallest absolute Gasteiger partial charge is 0.310 e. The molecule has 1 atom stereocenters. The molecule has 1 unspecified atom stereocenters. The lowest BCUT2D eigenvalue weighted by Crippen LogP contribution is -2.21. The standard InChI is InChI=1S/C12H14ClF4N/c1-8(18-6-2-5-12(15,16)17)9-3-4-11(14)10(13)7-9/h3-4,7-8,18H,2,5-6H2,1H3. The summed E-state index contributed by atoms with van der Waals surface area (Å²) < 4.78 is 48.7. The lowest BCUT2D eigenvalue weighted by Gasteiger charge is -2.15. The van der Waals surface area contributed by atoms with Crippen LogP contribution in [0, 0.1) is 5.82 Å². The summed E-state index contributed by atoms with van der Waals surface area (Å²) in [5.41, 5.74) is 0.744. The maximum atomic E-state index is 12.9. The van der Waals surface area contributed by atoms with E-state index in [2.05, 4.69) is 5.32 Å². The van der Waals surface area contributed by atoms with Crippen molar-refractivity contribution in [3.63, 3.8) is 0 Å². The molecule has 0 radical (unpaired) electrons. The molecule has 1 nitrogen and oxygen atoms in total. The normalized spacial score (nSPS) is 13.7. The van der Waals surface area contributed by atoms with Crippen molar-refractivity contribution in [1.29, 1.82) is 0 Å². The van der Waals surface area contributed by atoms with Gasteiger partial charge in [0.1, 0.15) is 5.82 Å². The van der Waals surface area contributed by atoms with Gasteiger partial charge in [0.25, 0.3) is 0 Å². The van der Waals surface area contributed by atoms with Crippen LogP contribution in [-0.2, 0) is 0 Å². The third-order valence-corrected chi connectivity index (χ3v) is 2.82. The second-order valence-electron chi connectivity index (χ2n) is 4.07. The summed E-state index contributed by atoms with van der Waals surface area (Å²) in [5, 5.41) is 2.95. The van der Waals surface area contributed by atoms with Crippen LogP contribution in [0.4, 0.5) is 17.6 Å². The molecule has 0 saturated carbocycles. The van der Waals surface area contributed by atoms with Crippen LogP contribution in [0.5, 0.6) is 0 Å². The molecule has 1 aromatic rings. The molecule has 0 bridgehead atoms. The summed E-state index contributed by atoms with van der Waals surface area (Å²) in [6, 6.07) is 4.10. The van der Waals surface area contributed by atoms with Gasteiger partial charge in [0, 0.05) is 12.5 Å². The highest BCUT2D eigenvalue weighted by atomic mass is 35.5. The first-order valence-electron chi connectivity index (χ1n) is 5.54. The second-order valence-corrected chi connectivity index (χ2v) is 4.48. The zero-order valence-electron chi connectivity index (χ0n) is 9.82. The molecule has 0 heterocycles. The lowest BCUT2D eigenvalue weighted by molar-refractivity contribution is -0.135. The summed E-state index contributed by atoms with van der Waals surface area (Å²) in [6.45, 7) is 2.03. The molecule has 0 aliphatic heterocycles. The van der Waals surface area contributed by atoms with E-state index >= 15 is 0 Å². The maximum absolute atomic E-state index is 12.9. The van der Waals surface area contributed by atoms with Gasteiger partial charge in [-0.05, 0) is 37.6 Å². The first-order valence-corrected chi connectivity index (χ1v) is 5.92. The van der Waals surface area contributed by atoms with Crippen LogP contribution in [-0.4, -0.2) is 12.7 Å². The van der Waals surface area contributed by atoms with E-state index in [-0.39, 0.29) is 24.0 Å². The van der Waals surface area contributed by atoms with E-state index in [1.165, 1.54) is 12.1 Å². The Labute approximate surface area is 108 Å². The largest absolute Gasteiger partial charge is 0.389 e. The zero-order chi connectivity index (χ0) is 13.8. The molecule has 6 heteroatoms. The van der Waals surface area contributed by atoms with Crippen LogP contribution in [0.2, 0.25) is 5.02 Å². The molecule has 0 spiro atoms. The van der Waals surface area contributed by atoms with Gasteiger partial charge in [0.15, 0.2) is 0 Å². The monoisotopic (exact) mass is 283 g/mol. The molecule has 0 aromatic heterocycles. The van der Waals surface area contributed by atoms with Crippen molar-refractivity contribution in [3.8, 4) is 0 Å². The van der Waals surface area contributed by atoms with E-state index in [0.29, 0.717) is 0 Å². The van der Waals surface area contributed by atoms with E-state index in [0.717, 1.165) is 5.56 Å². The van der Waals surface area contributed by atoms with Crippen molar-refractivity contribution in [3.05, 3.63) is 34.6 Å². The Morgan fingerprint density at radius 3 is 2.56 bits per heavy atom. The third kappa shape index (κ3) is 5.23. The van der Waals surface area contributed by atoms with Gasteiger partial charge in [-0.25, -0.2) is 4.39 Å². The second kappa shape index (κ2) is 6.38. The molecule has 0 aliphatic rings. The van der Waals surface area contributed by atoms with E-state index in [4.69, 9.17) is 11.6 Å². The predicted octanol–water partition coefficient (Wildman–Crippen LogP) is 4.47. The van der Waals surface area contributed by atoms with E-state index in [1.54, 1.807) is 13.0 Å². The fraction of sp³-hybridized carbons (Fsp3) is 0.500. The minimum atomic E-state index is -4.12. The Bertz CT molecular complexity index is 392. The molecule has 0 amide bonds. The Kier molecular flexibility index (Phi) is 5.41. The quantitative estimate of drug-likeness (QED) is 0.621. The zero-order valence-corrected chi connectivity index (χ0v) is 10.6. The number of nitrogens with one attached hydrogen (secondary N) is 1. The molecular weight excluding hydrogens is 270 g/mol. The Morgan fingerprint density at radius 1 is 1.33 bits per heavy atom. The summed E-state index contributed by atoms with van der Waals surface area (Å²) in [6.07, 6.45) is -4.91. The van der Waals surface area contributed by atoms with Crippen molar-refractivity contribution in [2.75, 3.05) is 6.54 Å². The predicted molar refractivity (Wildman–Crippen MR) is 63.1 cm³/mol. The minimum absolute atomic E-state index is 0.0106. The maximum Gasteiger partial charge on any atom is 0.389 e. The fourth-order valence-electron chi connectivity index (χ4n) is 1.51. The number of benzene rings is 1. The van der Waals surface area contributed by atoms with Crippen LogP contribution in [0.1, 0.15) is 31.4 Å². The van der Waals surface area contributed by atoms with Gasteiger partial charge in [-0.15, -0.1) is 0 Å². The topological polar surface area (TPSA) is 12.0 Å². The first-order chi connectivity index (χ1) is 8.29. The van der Waals surface area contributed by atoms with Crippen LogP contribution in [0.25, 0.3) is 0 Å². The molecule has 1 N–H and O–H groups in total. The number of hydrogen-bond donors (Lipinski definition) is 1. The van der Waals surface area contributed by atoms with Gasteiger partial charge in [0.05, 0.1) is 5.02 Å². The van der Waals surface area contributed by atoms with Crippen LogP contribution in [0.3, 0.4) is 0 Å². The van der Waals surface area contributed by atoms with E-state index < -0.39 is 18.4 Å². The summed E-state index contributed by atoms with van der Waals surface area (Å²) in [7, 11) is 0. The first kappa shape index (κ1) is 15.2. The van der Waals surface area contributed by atoms with Gasteiger partial charge in [-0.3, -0.25) is 0 Å². The number of halogens is 5. The van der Waals surface area contributed by atoms with Crippen LogP contribution >= 0.6 is 11.6 Å². The lowest BCUT2D eigenvalue weighted by atomic mass is 10.1. The molecule has 102 valence electrons. The highest BCUT2D eigenvalue weighted by molar-refractivity contribution is 6.30. The molecule has 0 saturated heterocycles. The molecule has 18 heavy (non-hydrogen) atoms. The molecule has 1 aromatic carbocycles. The van der Waals surface area contributed by atoms with Crippen molar-refractivity contribution < 1.29 is 17.6 Å². The van der Waals surface area contributed by atoms with Crippen molar-refractivity contribution in [1.82, 2.24) is 5.32 Å². The van der Waals surface area contributed by atoms with Crippen molar-refractivity contribution in [2.24, 2.45) is 0 Å². The van der Waals surface area contributed by atoms with Crippen LogP contribution in [0.15, 0.2) is 18.2 Å². The van der Waals surface area contributed by atoms with Gasteiger partial charge < -0.3 is 5.32 Å². The van der Waals surface area contributed by atoms with E-state index in [9.17, 15) is 17.6 Å². The van der Waals surface area contributed by atoms with Gasteiger partial charge in [-0.2, -0.15) is 13.2 Å². The average Bonchev–Trinajstić information content (AvgIpc) is 2.26. The molecule has 0 fully saturated rings. The SMILES string of the molecule is CC(NCCCC(F)(F)F)c1ccc(F)c(Cl)c1. The van der Waals surface area contributed by atoms with Crippen LogP contribution < -0.4 is 5.32 Å². The van der Waals surface area contributed by atoms with Crippen molar-refractivity contribution in [2.45, 2.75) is 32.0 Å². The molecule has 0 aliphatic carbocycles. The van der Waals surface area contributed by atoms with Gasteiger partial charge >= 0.3 is 6.18 Å². The number of alkyl halides is 3. The Hall–Kier alpha value is -0.810. The molecule has 1 rings (SSSR count).